The van der Waals surface area contributed by atoms with Gasteiger partial charge in [-0.3, -0.25) is 9.59 Å². The molecule has 0 heterocycles. The lowest BCUT2D eigenvalue weighted by Crippen LogP contribution is -2.47. The topological polar surface area (TPSA) is 81.4 Å². The minimum atomic E-state index is -0.751. The number of carbonyl (C=O) groups is 2. The highest BCUT2D eigenvalue weighted by molar-refractivity contribution is 5.89. The van der Waals surface area contributed by atoms with E-state index in [1.807, 2.05) is 42.5 Å². The minimum Gasteiger partial charge on any atom is -0.372 e. The highest BCUT2D eigenvalue weighted by atomic mass is 16.5. The van der Waals surface area contributed by atoms with Gasteiger partial charge < -0.3 is 15.8 Å². The van der Waals surface area contributed by atoms with Crippen molar-refractivity contribution in [2.45, 2.75) is 19.4 Å². The normalized spacial score (nSPS) is 12.0. The van der Waals surface area contributed by atoms with Gasteiger partial charge >= 0.3 is 0 Å². The maximum Gasteiger partial charge on any atom is 0.246 e. The molecular formula is C17H20N2O3. The number of hydrogen-bond acceptors (Lipinski definition) is 3. The lowest BCUT2D eigenvalue weighted by Gasteiger charge is -2.16. The fraction of sp³-hybridized carbons (Fsp3) is 0.294. The zero-order valence-electron chi connectivity index (χ0n) is 12.5. The zero-order valence-corrected chi connectivity index (χ0v) is 12.5. The van der Waals surface area contributed by atoms with E-state index in [4.69, 9.17) is 10.5 Å². The van der Waals surface area contributed by atoms with Crippen molar-refractivity contribution in [2.75, 3.05) is 13.2 Å². The molecule has 0 aliphatic carbocycles. The van der Waals surface area contributed by atoms with Gasteiger partial charge in [-0.25, -0.2) is 0 Å². The van der Waals surface area contributed by atoms with Crippen LogP contribution < -0.4 is 11.1 Å². The second-order valence-electron chi connectivity index (χ2n) is 5.00. The maximum atomic E-state index is 11.7. The Balaban J connectivity index is 2.16. The van der Waals surface area contributed by atoms with Crippen molar-refractivity contribution >= 4 is 22.6 Å². The van der Waals surface area contributed by atoms with Gasteiger partial charge in [0.1, 0.15) is 12.6 Å². The SMILES string of the molecule is CCOCC(=O)N[C@H](Cc1cccc2ccccc12)C(N)=O. The Labute approximate surface area is 129 Å². The highest BCUT2D eigenvalue weighted by Crippen LogP contribution is 2.19. The first-order valence-electron chi connectivity index (χ1n) is 7.25. The first kappa shape index (κ1) is 16.0. The van der Waals surface area contributed by atoms with Gasteiger partial charge in [0.15, 0.2) is 0 Å². The van der Waals surface area contributed by atoms with E-state index in [9.17, 15) is 9.59 Å². The predicted octanol–water partition coefficient (Wildman–Crippen LogP) is 1.39. The van der Waals surface area contributed by atoms with Crippen molar-refractivity contribution in [1.29, 1.82) is 0 Å². The summed E-state index contributed by atoms with van der Waals surface area (Å²) in [5.41, 5.74) is 6.38. The Bertz CT molecular complexity index is 665. The van der Waals surface area contributed by atoms with Gasteiger partial charge in [0, 0.05) is 13.0 Å². The number of amides is 2. The minimum absolute atomic E-state index is 0.0736. The summed E-state index contributed by atoms with van der Waals surface area (Å²) in [5.74, 6) is -0.899. The van der Waals surface area contributed by atoms with Gasteiger partial charge in [-0.05, 0) is 23.3 Å². The van der Waals surface area contributed by atoms with E-state index in [1.165, 1.54) is 0 Å². The van der Waals surface area contributed by atoms with Gasteiger partial charge in [0.05, 0.1) is 0 Å². The second kappa shape index (κ2) is 7.56. The summed E-state index contributed by atoms with van der Waals surface area (Å²) in [6, 6.07) is 13.0. The molecule has 0 aliphatic heterocycles. The molecule has 0 spiro atoms. The molecule has 2 amide bonds. The van der Waals surface area contributed by atoms with E-state index in [-0.39, 0.29) is 12.5 Å². The number of nitrogens with one attached hydrogen (secondary N) is 1. The molecule has 0 unspecified atom stereocenters. The van der Waals surface area contributed by atoms with Crippen LogP contribution in [0.15, 0.2) is 42.5 Å². The summed E-state index contributed by atoms with van der Waals surface area (Å²) < 4.78 is 5.03. The average molecular weight is 300 g/mol. The van der Waals surface area contributed by atoms with Gasteiger partial charge in [-0.1, -0.05) is 42.5 Å². The molecule has 0 bridgehead atoms. The Kier molecular flexibility index (Phi) is 5.49. The van der Waals surface area contributed by atoms with E-state index in [2.05, 4.69) is 5.32 Å². The van der Waals surface area contributed by atoms with Crippen LogP contribution in [0.2, 0.25) is 0 Å². The average Bonchev–Trinajstić information content (AvgIpc) is 2.52. The third-order valence-corrected chi connectivity index (χ3v) is 3.42. The standard InChI is InChI=1S/C17H20N2O3/c1-2-22-11-16(20)19-15(17(18)21)10-13-8-5-7-12-6-3-4-9-14(12)13/h3-9,15H,2,10-11H2,1H3,(H2,18,21)(H,19,20)/t15-/m1/s1. The molecule has 0 saturated carbocycles. The second-order valence-corrected chi connectivity index (χ2v) is 5.00. The number of carbonyl (C=O) groups excluding carboxylic acids is 2. The maximum absolute atomic E-state index is 11.7. The van der Waals surface area contributed by atoms with Crippen LogP contribution in [0.3, 0.4) is 0 Å². The molecular weight excluding hydrogens is 280 g/mol. The van der Waals surface area contributed by atoms with Crippen molar-refractivity contribution in [3.05, 3.63) is 48.0 Å². The quantitative estimate of drug-likeness (QED) is 0.810. The first-order valence-corrected chi connectivity index (χ1v) is 7.25. The summed E-state index contributed by atoms with van der Waals surface area (Å²) in [6.07, 6.45) is 0.356. The summed E-state index contributed by atoms with van der Waals surface area (Å²) in [7, 11) is 0. The van der Waals surface area contributed by atoms with Crippen LogP contribution in [0.5, 0.6) is 0 Å². The zero-order chi connectivity index (χ0) is 15.9. The fourth-order valence-corrected chi connectivity index (χ4v) is 2.34. The molecule has 1 atom stereocenters. The molecule has 5 nitrogen and oxygen atoms in total. The monoisotopic (exact) mass is 300 g/mol. The smallest absolute Gasteiger partial charge is 0.246 e. The van der Waals surface area contributed by atoms with Gasteiger partial charge in [0.25, 0.3) is 0 Å². The Morgan fingerprint density at radius 2 is 1.91 bits per heavy atom. The number of hydrogen-bond donors (Lipinski definition) is 2. The molecule has 0 aliphatic rings. The van der Waals surface area contributed by atoms with Crippen molar-refractivity contribution < 1.29 is 14.3 Å². The highest BCUT2D eigenvalue weighted by Gasteiger charge is 2.19. The lowest BCUT2D eigenvalue weighted by molar-refractivity contribution is -0.130. The van der Waals surface area contributed by atoms with E-state index < -0.39 is 11.9 Å². The molecule has 0 saturated heterocycles. The summed E-state index contributed by atoms with van der Waals surface area (Å²) in [4.78, 5) is 23.3. The van der Waals surface area contributed by atoms with Crippen LogP contribution in [0, 0.1) is 0 Å². The molecule has 2 rings (SSSR count). The number of ether oxygens (including phenoxy) is 1. The molecule has 0 radical (unpaired) electrons. The molecule has 116 valence electrons. The van der Waals surface area contributed by atoms with E-state index in [0.29, 0.717) is 13.0 Å². The predicted molar refractivity (Wildman–Crippen MR) is 85.3 cm³/mol. The molecule has 2 aromatic carbocycles. The number of rotatable bonds is 7. The van der Waals surface area contributed by atoms with Gasteiger partial charge in [0.2, 0.25) is 11.8 Å². The molecule has 2 aromatic rings. The number of nitrogens with two attached hydrogens (primary N) is 1. The Morgan fingerprint density at radius 3 is 2.64 bits per heavy atom. The molecule has 0 aromatic heterocycles. The van der Waals surface area contributed by atoms with Crippen LogP contribution in [-0.4, -0.2) is 31.1 Å². The van der Waals surface area contributed by atoms with E-state index in [0.717, 1.165) is 16.3 Å². The Hall–Kier alpha value is -2.40. The summed E-state index contributed by atoms with van der Waals surface area (Å²) in [6.45, 7) is 2.17. The van der Waals surface area contributed by atoms with Crippen molar-refractivity contribution in [1.82, 2.24) is 5.32 Å². The first-order chi connectivity index (χ1) is 10.6. The molecule has 3 N–H and O–H groups in total. The van der Waals surface area contributed by atoms with Crippen LogP contribution >= 0.6 is 0 Å². The van der Waals surface area contributed by atoms with Crippen LogP contribution in [0.1, 0.15) is 12.5 Å². The molecule has 0 fully saturated rings. The van der Waals surface area contributed by atoms with Gasteiger partial charge in [-0.15, -0.1) is 0 Å². The summed E-state index contributed by atoms with van der Waals surface area (Å²) in [5, 5.41) is 4.76. The van der Waals surface area contributed by atoms with Crippen molar-refractivity contribution in [3.8, 4) is 0 Å². The van der Waals surface area contributed by atoms with Crippen molar-refractivity contribution in [2.24, 2.45) is 5.73 Å². The van der Waals surface area contributed by atoms with Crippen molar-refractivity contribution in [3.63, 3.8) is 0 Å². The van der Waals surface area contributed by atoms with Gasteiger partial charge in [-0.2, -0.15) is 0 Å². The van der Waals surface area contributed by atoms with E-state index >= 15 is 0 Å². The summed E-state index contributed by atoms with van der Waals surface area (Å²) >= 11 is 0. The van der Waals surface area contributed by atoms with Crippen LogP contribution in [0.25, 0.3) is 10.8 Å². The third-order valence-electron chi connectivity index (χ3n) is 3.42. The molecule has 22 heavy (non-hydrogen) atoms. The molecule has 5 heteroatoms. The Morgan fingerprint density at radius 1 is 1.18 bits per heavy atom. The lowest BCUT2D eigenvalue weighted by atomic mass is 9.98. The number of fused-ring (bicyclic) bond motifs is 1. The van der Waals surface area contributed by atoms with Crippen LogP contribution in [0.4, 0.5) is 0 Å². The van der Waals surface area contributed by atoms with Crippen LogP contribution in [-0.2, 0) is 20.7 Å². The van der Waals surface area contributed by atoms with E-state index in [1.54, 1.807) is 6.92 Å². The number of primary amides is 1. The third kappa shape index (κ3) is 4.05. The fourth-order valence-electron chi connectivity index (χ4n) is 2.34. The number of benzene rings is 2. The largest absolute Gasteiger partial charge is 0.372 e.